The second-order valence-corrected chi connectivity index (χ2v) is 6.75. The molecule has 136 valence electrons. The van der Waals surface area contributed by atoms with Gasteiger partial charge in [0.05, 0.1) is 0 Å². The first kappa shape index (κ1) is 17.7. The van der Waals surface area contributed by atoms with Gasteiger partial charge in [-0.2, -0.15) is 0 Å². The Kier molecular flexibility index (Phi) is 5.03. The molecule has 0 fully saturated rings. The van der Waals surface area contributed by atoms with Gasteiger partial charge >= 0.3 is 0 Å². The van der Waals surface area contributed by atoms with Crippen LogP contribution in [-0.4, -0.2) is 11.3 Å². The molecule has 0 atom stereocenters. The first-order chi connectivity index (χ1) is 13.8. The summed E-state index contributed by atoms with van der Waals surface area (Å²) >= 11 is 0. The van der Waals surface area contributed by atoms with Crippen molar-refractivity contribution in [2.75, 3.05) is 0 Å². The van der Waals surface area contributed by atoms with Gasteiger partial charge in [-0.15, -0.1) is 0 Å². The van der Waals surface area contributed by atoms with Crippen LogP contribution in [0.3, 0.4) is 0 Å². The van der Waals surface area contributed by atoms with Crippen LogP contribution in [0.5, 0.6) is 0 Å². The van der Waals surface area contributed by atoms with Gasteiger partial charge in [0.2, 0.25) is 0 Å². The van der Waals surface area contributed by atoms with E-state index >= 15 is 0 Å². The lowest BCUT2D eigenvalue weighted by Crippen LogP contribution is -1.92. The lowest BCUT2D eigenvalue weighted by atomic mass is 9.92. The van der Waals surface area contributed by atoms with Crippen molar-refractivity contribution >= 4 is 28.3 Å². The summed E-state index contributed by atoms with van der Waals surface area (Å²) in [6.45, 7) is 1.87. The van der Waals surface area contributed by atoms with E-state index in [9.17, 15) is 4.79 Å². The molecule has 1 heterocycles. The Labute approximate surface area is 164 Å². The topological polar surface area (TPSA) is 32.9 Å². The van der Waals surface area contributed by atoms with Gasteiger partial charge in [-0.25, -0.2) is 0 Å². The van der Waals surface area contributed by atoms with Crippen LogP contribution >= 0.6 is 0 Å². The van der Waals surface area contributed by atoms with E-state index in [0.29, 0.717) is 5.57 Å². The molecule has 2 nitrogen and oxygen atoms in total. The molecule has 0 aliphatic carbocycles. The lowest BCUT2D eigenvalue weighted by molar-refractivity contribution is -0.104. The molecule has 28 heavy (non-hydrogen) atoms. The monoisotopic (exact) mass is 363 g/mol. The highest BCUT2D eigenvalue weighted by atomic mass is 16.1. The minimum absolute atomic E-state index is 0.703. The molecule has 4 rings (SSSR count). The lowest BCUT2D eigenvalue weighted by Gasteiger charge is -2.12. The summed E-state index contributed by atoms with van der Waals surface area (Å²) in [4.78, 5) is 15.1. The van der Waals surface area contributed by atoms with Gasteiger partial charge < -0.3 is 4.98 Å². The largest absolute Gasteiger partial charge is 0.361 e. The Morgan fingerprint density at radius 2 is 1.36 bits per heavy atom. The first-order valence-corrected chi connectivity index (χ1v) is 9.33. The molecule has 0 aliphatic heterocycles. The van der Waals surface area contributed by atoms with Crippen LogP contribution in [0.2, 0.25) is 0 Å². The number of benzene rings is 3. The molecule has 0 radical (unpaired) electrons. The highest BCUT2D eigenvalue weighted by Gasteiger charge is 2.13. The highest BCUT2D eigenvalue weighted by Crippen LogP contribution is 2.32. The van der Waals surface area contributed by atoms with Crippen molar-refractivity contribution < 1.29 is 4.79 Å². The Balaban J connectivity index is 1.97. The average molecular weight is 363 g/mol. The van der Waals surface area contributed by atoms with Crippen molar-refractivity contribution in [2.45, 2.75) is 6.92 Å². The number of H-pyrrole nitrogens is 1. The quantitative estimate of drug-likeness (QED) is 0.253. The molecule has 0 spiro atoms. The minimum Gasteiger partial charge on any atom is -0.361 e. The van der Waals surface area contributed by atoms with E-state index in [2.05, 4.69) is 41.4 Å². The number of aromatic amines is 1. The minimum atomic E-state index is 0.703. The van der Waals surface area contributed by atoms with Gasteiger partial charge in [-0.1, -0.05) is 78.9 Å². The molecular formula is C26H21NO. The number of fused-ring (bicyclic) bond motifs is 1. The molecule has 0 saturated carbocycles. The summed E-state index contributed by atoms with van der Waals surface area (Å²) < 4.78 is 0. The number of hydrogen-bond donors (Lipinski definition) is 1. The van der Waals surface area contributed by atoms with Crippen LogP contribution in [0, 0.1) is 0 Å². The molecule has 0 amide bonds. The normalized spacial score (nSPS) is 11.8. The van der Waals surface area contributed by atoms with E-state index in [4.69, 9.17) is 0 Å². The van der Waals surface area contributed by atoms with Gasteiger partial charge in [0.1, 0.15) is 6.29 Å². The van der Waals surface area contributed by atoms with E-state index in [1.165, 1.54) is 0 Å². The van der Waals surface area contributed by atoms with Crippen molar-refractivity contribution in [2.24, 2.45) is 0 Å². The summed E-state index contributed by atoms with van der Waals surface area (Å²) in [6.07, 6.45) is 5.04. The molecule has 0 bridgehead atoms. The predicted octanol–water partition coefficient (Wildman–Crippen LogP) is 6.27. The summed E-state index contributed by atoms with van der Waals surface area (Å²) in [5, 5.41) is 1.11. The van der Waals surface area contributed by atoms with Gasteiger partial charge in [-0.05, 0) is 46.9 Å². The van der Waals surface area contributed by atoms with E-state index < -0.39 is 0 Å². The van der Waals surface area contributed by atoms with Crippen LogP contribution in [0.1, 0.15) is 23.6 Å². The maximum Gasteiger partial charge on any atom is 0.146 e. The van der Waals surface area contributed by atoms with Crippen LogP contribution in [0.4, 0.5) is 0 Å². The zero-order valence-electron chi connectivity index (χ0n) is 15.7. The predicted molar refractivity (Wildman–Crippen MR) is 117 cm³/mol. The number of carbonyl (C=O) groups is 1. The van der Waals surface area contributed by atoms with Gasteiger partial charge in [-0.3, -0.25) is 4.79 Å². The molecule has 3 aromatic carbocycles. The number of hydrogen-bond acceptors (Lipinski definition) is 1. The number of para-hydroxylation sites is 1. The fraction of sp³-hybridized carbons (Fsp3) is 0.0385. The third kappa shape index (κ3) is 3.45. The summed E-state index contributed by atoms with van der Waals surface area (Å²) in [7, 11) is 0. The fourth-order valence-corrected chi connectivity index (χ4v) is 3.47. The number of allylic oxidation sites excluding steroid dienone is 3. The van der Waals surface area contributed by atoms with Crippen LogP contribution < -0.4 is 0 Å². The molecule has 1 N–H and O–H groups in total. The van der Waals surface area contributed by atoms with E-state index in [-0.39, 0.29) is 0 Å². The fourth-order valence-electron chi connectivity index (χ4n) is 3.47. The smallest absolute Gasteiger partial charge is 0.146 e. The molecule has 0 aliphatic rings. The second-order valence-electron chi connectivity index (χ2n) is 6.75. The number of rotatable bonds is 5. The van der Waals surface area contributed by atoms with Crippen molar-refractivity contribution in [3.63, 3.8) is 0 Å². The zero-order chi connectivity index (χ0) is 19.3. The Morgan fingerprint density at radius 1 is 0.786 bits per heavy atom. The average Bonchev–Trinajstić information content (AvgIpc) is 3.19. The van der Waals surface area contributed by atoms with Crippen molar-refractivity contribution in [1.82, 2.24) is 4.98 Å². The van der Waals surface area contributed by atoms with Crippen LogP contribution in [-0.2, 0) is 4.79 Å². The molecule has 0 unspecified atom stereocenters. The number of carbonyl (C=O) groups excluding carboxylic acids is 1. The third-order valence-corrected chi connectivity index (χ3v) is 4.94. The van der Waals surface area contributed by atoms with Gasteiger partial charge in [0.15, 0.2) is 0 Å². The number of nitrogens with one attached hydrogen (secondary N) is 1. The third-order valence-electron chi connectivity index (χ3n) is 4.94. The number of aldehydes is 1. The van der Waals surface area contributed by atoms with Crippen molar-refractivity contribution in [3.8, 4) is 0 Å². The Hall–Kier alpha value is -3.65. The highest BCUT2D eigenvalue weighted by molar-refractivity contribution is 6.04. The summed E-state index contributed by atoms with van der Waals surface area (Å²) in [6, 6.07) is 28.7. The van der Waals surface area contributed by atoms with E-state index in [1.807, 2.05) is 67.7 Å². The molecular weight excluding hydrogens is 342 g/mol. The van der Waals surface area contributed by atoms with Crippen molar-refractivity contribution in [3.05, 3.63) is 119 Å². The maximum atomic E-state index is 11.7. The first-order valence-electron chi connectivity index (χ1n) is 9.33. The van der Waals surface area contributed by atoms with E-state index in [1.54, 1.807) is 0 Å². The SMILES string of the molecule is C/C(C=O)=C(\C=C(c1ccccc1)c1ccccc1)c1c[nH]c2ccccc12. The Morgan fingerprint density at radius 3 is 1.96 bits per heavy atom. The molecule has 2 heteroatoms. The second kappa shape index (κ2) is 7.93. The van der Waals surface area contributed by atoms with Crippen molar-refractivity contribution in [1.29, 1.82) is 0 Å². The summed E-state index contributed by atoms with van der Waals surface area (Å²) in [5.41, 5.74) is 7.04. The van der Waals surface area contributed by atoms with Crippen LogP contribution in [0.25, 0.3) is 22.0 Å². The number of aromatic nitrogens is 1. The Bertz CT molecular complexity index is 1120. The molecule has 4 aromatic rings. The van der Waals surface area contributed by atoms with E-state index in [0.717, 1.165) is 45.0 Å². The standard InChI is InChI=1S/C26H21NO/c1-19(18-28)23(25-17-27-26-15-9-8-14-22(25)26)16-24(20-10-4-2-5-11-20)21-12-6-3-7-13-21/h2-18,27H,1H3/b23-19-. The van der Waals surface area contributed by atoms with Crippen LogP contribution in [0.15, 0.2) is 103 Å². The van der Waals surface area contributed by atoms with Gasteiger partial charge in [0, 0.05) is 22.7 Å². The van der Waals surface area contributed by atoms with Gasteiger partial charge in [0.25, 0.3) is 0 Å². The molecule has 0 saturated heterocycles. The molecule has 1 aromatic heterocycles. The maximum absolute atomic E-state index is 11.7. The zero-order valence-corrected chi connectivity index (χ0v) is 15.7. The summed E-state index contributed by atoms with van der Waals surface area (Å²) in [5.74, 6) is 0.